The number of carbonyl (C=O) groups excluding carboxylic acids is 1. The first-order valence-electron chi connectivity index (χ1n) is 6.47. The highest BCUT2D eigenvalue weighted by molar-refractivity contribution is 7.15. The van der Waals surface area contributed by atoms with Crippen LogP contribution in [0.4, 0.5) is 11.4 Å². The predicted molar refractivity (Wildman–Crippen MR) is 84.4 cm³/mol. The Labute approximate surface area is 131 Å². The van der Waals surface area contributed by atoms with E-state index in [0.717, 1.165) is 22.0 Å². The summed E-state index contributed by atoms with van der Waals surface area (Å²) in [4.78, 5) is 18.6. The molecule has 7 heteroatoms. The number of rotatable bonds is 3. The van der Waals surface area contributed by atoms with Gasteiger partial charge in [0.25, 0.3) is 5.91 Å². The van der Waals surface area contributed by atoms with Gasteiger partial charge in [0.05, 0.1) is 12.2 Å². The Morgan fingerprint density at radius 1 is 1.52 bits per heavy atom. The van der Waals surface area contributed by atoms with Crippen molar-refractivity contribution in [1.29, 1.82) is 0 Å². The molecule has 5 nitrogen and oxygen atoms in total. The molecular formula is C14H14ClN3O2S. The molecule has 1 amide bonds. The van der Waals surface area contributed by atoms with Crippen molar-refractivity contribution >= 4 is 40.2 Å². The summed E-state index contributed by atoms with van der Waals surface area (Å²) >= 11 is 7.24. The number of nitrogens with zero attached hydrogens (tertiary/aromatic N) is 2. The molecule has 0 spiro atoms. The predicted octanol–water partition coefficient (Wildman–Crippen LogP) is 3.15. The molecule has 2 heterocycles. The van der Waals surface area contributed by atoms with Gasteiger partial charge in [0.1, 0.15) is 5.75 Å². The smallest absolute Gasteiger partial charge is 0.267 e. The van der Waals surface area contributed by atoms with Crippen molar-refractivity contribution in [3.63, 3.8) is 0 Å². The van der Waals surface area contributed by atoms with Crippen LogP contribution in [0, 0.1) is 0 Å². The van der Waals surface area contributed by atoms with Crippen molar-refractivity contribution in [3.8, 4) is 5.75 Å². The number of likely N-dealkylation sites (N-methyl/N-ethyl adjacent to an activating group) is 1. The van der Waals surface area contributed by atoms with Crippen LogP contribution in [0.5, 0.6) is 5.75 Å². The summed E-state index contributed by atoms with van der Waals surface area (Å²) in [5.74, 6) is 0.671. The zero-order chi connectivity index (χ0) is 15.0. The molecule has 0 saturated carbocycles. The topological polar surface area (TPSA) is 54.5 Å². The van der Waals surface area contributed by atoms with Crippen LogP contribution in [-0.4, -0.2) is 24.0 Å². The van der Waals surface area contributed by atoms with Crippen LogP contribution >= 0.6 is 22.9 Å². The van der Waals surface area contributed by atoms with E-state index in [0.29, 0.717) is 11.0 Å². The third kappa shape index (κ3) is 2.82. The van der Waals surface area contributed by atoms with Gasteiger partial charge in [-0.1, -0.05) is 11.6 Å². The Morgan fingerprint density at radius 3 is 3.05 bits per heavy atom. The van der Waals surface area contributed by atoms with E-state index in [1.54, 1.807) is 25.1 Å². The minimum absolute atomic E-state index is 0.0473. The van der Waals surface area contributed by atoms with Crippen molar-refractivity contribution in [3.05, 3.63) is 33.7 Å². The normalized spacial score (nSPS) is 17.4. The number of anilines is 2. The van der Waals surface area contributed by atoms with E-state index in [9.17, 15) is 4.79 Å². The number of hydrogen-bond donors (Lipinski definition) is 1. The lowest BCUT2D eigenvalue weighted by Crippen LogP contribution is -2.41. The van der Waals surface area contributed by atoms with Crippen LogP contribution in [0.1, 0.15) is 11.8 Å². The first-order chi connectivity index (χ1) is 10.0. The van der Waals surface area contributed by atoms with Gasteiger partial charge in [0.2, 0.25) is 0 Å². The highest BCUT2D eigenvalue weighted by Gasteiger charge is 2.28. The van der Waals surface area contributed by atoms with Crippen LogP contribution in [0.3, 0.4) is 0 Å². The fourth-order valence-corrected chi connectivity index (χ4v) is 3.09. The second-order valence-electron chi connectivity index (χ2n) is 4.77. The van der Waals surface area contributed by atoms with E-state index < -0.39 is 6.10 Å². The average molecular weight is 324 g/mol. The number of halogens is 1. The molecule has 1 aliphatic rings. The number of carbonyl (C=O) groups is 1. The molecule has 21 heavy (non-hydrogen) atoms. The fourth-order valence-electron chi connectivity index (χ4n) is 2.18. The van der Waals surface area contributed by atoms with Gasteiger partial charge in [-0.3, -0.25) is 4.79 Å². The van der Waals surface area contributed by atoms with E-state index in [-0.39, 0.29) is 5.91 Å². The van der Waals surface area contributed by atoms with Gasteiger partial charge in [0, 0.05) is 23.8 Å². The SMILES string of the molecule is CC1Oc2ccc(NCc3cnc(Cl)s3)cc2N(C)C1=O. The number of hydrogen-bond acceptors (Lipinski definition) is 5. The molecule has 0 bridgehead atoms. The van der Waals surface area contributed by atoms with Gasteiger partial charge >= 0.3 is 0 Å². The van der Waals surface area contributed by atoms with E-state index in [1.165, 1.54) is 11.3 Å². The molecule has 1 unspecified atom stereocenters. The second kappa shape index (κ2) is 5.54. The summed E-state index contributed by atoms with van der Waals surface area (Å²) in [5.41, 5.74) is 1.68. The number of amides is 1. The Bertz CT molecular complexity index is 689. The molecule has 0 aliphatic carbocycles. The van der Waals surface area contributed by atoms with Gasteiger partial charge in [-0.25, -0.2) is 4.98 Å². The Hall–Kier alpha value is -1.79. The molecule has 110 valence electrons. The summed E-state index contributed by atoms with van der Waals surface area (Å²) in [5, 5.41) is 3.29. The van der Waals surface area contributed by atoms with Gasteiger partial charge in [-0.15, -0.1) is 11.3 Å². The average Bonchev–Trinajstić information content (AvgIpc) is 2.89. The maximum atomic E-state index is 11.9. The first-order valence-corrected chi connectivity index (χ1v) is 7.66. The highest BCUT2D eigenvalue weighted by atomic mass is 35.5. The van der Waals surface area contributed by atoms with Crippen molar-refractivity contribution in [1.82, 2.24) is 4.98 Å². The zero-order valence-electron chi connectivity index (χ0n) is 11.6. The van der Waals surface area contributed by atoms with Gasteiger partial charge in [0.15, 0.2) is 10.6 Å². The molecule has 0 radical (unpaired) electrons. The summed E-state index contributed by atoms with van der Waals surface area (Å²) in [6.07, 6.45) is 1.31. The Kier molecular flexibility index (Phi) is 3.73. The second-order valence-corrected chi connectivity index (χ2v) is 6.47. The van der Waals surface area contributed by atoms with E-state index in [2.05, 4.69) is 10.3 Å². The highest BCUT2D eigenvalue weighted by Crippen LogP contribution is 2.35. The molecule has 1 aliphatic heterocycles. The summed E-state index contributed by atoms with van der Waals surface area (Å²) in [6, 6.07) is 5.70. The van der Waals surface area contributed by atoms with Crippen LogP contribution in [0.15, 0.2) is 24.4 Å². The van der Waals surface area contributed by atoms with E-state index in [1.807, 2.05) is 18.2 Å². The Morgan fingerprint density at radius 2 is 2.33 bits per heavy atom. The molecule has 1 aromatic heterocycles. The molecule has 0 fully saturated rings. The lowest BCUT2D eigenvalue weighted by Gasteiger charge is -2.30. The third-order valence-electron chi connectivity index (χ3n) is 3.29. The van der Waals surface area contributed by atoms with Crippen LogP contribution in [0.25, 0.3) is 0 Å². The molecule has 1 N–H and O–H groups in total. The van der Waals surface area contributed by atoms with Crippen molar-refractivity contribution < 1.29 is 9.53 Å². The molecule has 3 rings (SSSR count). The number of aromatic nitrogens is 1. The maximum Gasteiger partial charge on any atom is 0.267 e. The van der Waals surface area contributed by atoms with Crippen molar-refractivity contribution in [2.75, 3.05) is 17.3 Å². The monoisotopic (exact) mass is 323 g/mol. The van der Waals surface area contributed by atoms with Crippen molar-refractivity contribution in [2.24, 2.45) is 0 Å². The first kappa shape index (κ1) is 14.2. The maximum absolute atomic E-state index is 11.9. The number of benzene rings is 1. The van der Waals surface area contributed by atoms with E-state index in [4.69, 9.17) is 16.3 Å². The minimum Gasteiger partial charge on any atom is -0.479 e. The Balaban J connectivity index is 1.78. The summed E-state index contributed by atoms with van der Waals surface area (Å²) in [7, 11) is 1.76. The van der Waals surface area contributed by atoms with Crippen LogP contribution in [0.2, 0.25) is 4.47 Å². The quantitative estimate of drug-likeness (QED) is 0.942. The van der Waals surface area contributed by atoms with Crippen molar-refractivity contribution in [2.45, 2.75) is 19.6 Å². The molecular weight excluding hydrogens is 310 g/mol. The zero-order valence-corrected chi connectivity index (χ0v) is 13.2. The van der Waals surface area contributed by atoms with Crippen LogP contribution < -0.4 is 15.0 Å². The van der Waals surface area contributed by atoms with Crippen LogP contribution in [-0.2, 0) is 11.3 Å². The molecule has 2 aromatic rings. The lowest BCUT2D eigenvalue weighted by molar-refractivity contribution is -0.125. The molecule has 1 aromatic carbocycles. The van der Waals surface area contributed by atoms with E-state index >= 15 is 0 Å². The third-order valence-corrected chi connectivity index (χ3v) is 4.41. The summed E-state index contributed by atoms with van der Waals surface area (Å²) in [6.45, 7) is 2.39. The minimum atomic E-state index is -0.444. The largest absolute Gasteiger partial charge is 0.479 e. The molecule has 1 atom stereocenters. The lowest BCUT2D eigenvalue weighted by atomic mass is 10.2. The van der Waals surface area contributed by atoms with Gasteiger partial charge in [-0.2, -0.15) is 0 Å². The summed E-state index contributed by atoms with van der Waals surface area (Å²) < 4.78 is 6.12. The number of thiazole rings is 1. The standard InChI is InChI=1S/C14H14ClN3O2S/c1-8-13(19)18(2)11-5-9(3-4-12(11)20-8)16-6-10-7-17-14(15)21-10/h3-5,7-8,16H,6H2,1-2H3. The number of fused-ring (bicyclic) bond motifs is 1. The number of nitrogens with one attached hydrogen (secondary N) is 1. The van der Waals surface area contributed by atoms with Gasteiger partial charge in [-0.05, 0) is 25.1 Å². The van der Waals surface area contributed by atoms with Gasteiger partial charge < -0.3 is 15.0 Å². The number of ether oxygens (including phenoxy) is 1. The molecule has 0 saturated heterocycles. The fraction of sp³-hybridized carbons (Fsp3) is 0.286.